The van der Waals surface area contributed by atoms with Crippen LogP contribution in [0, 0.1) is 0 Å². The van der Waals surface area contributed by atoms with Crippen LogP contribution in [0.4, 0.5) is 0 Å². The van der Waals surface area contributed by atoms with Crippen LogP contribution in [0.3, 0.4) is 0 Å². The van der Waals surface area contributed by atoms with Gasteiger partial charge >= 0.3 is 5.97 Å². The number of carboxylic acids is 1. The van der Waals surface area contributed by atoms with Crippen molar-refractivity contribution in [1.82, 2.24) is 4.90 Å². The van der Waals surface area contributed by atoms with Crippen LogP contribution >= 0.6 is 0 Å². The van der Waals surface area contributed by atoms with E-state index < -0.39 is 11.6 Å². The lowest BCUT2D eigenvalue weighted by Gasteiger charge is -2.35. The number of Topliss-reactive ketones (excluding diaryl/α,β-unsaturated/α-hetero) is 1. The first kappa shape index (κ1) is 21.9. The molecule has 0 aliphatic carbocycles. The van der Waals surface area contributed by atoms with Crippen molar-refractivity contribution in [3.63, 3.8) is 0 Å². The molecule has 0 bridgehead atoms. The number of carboxylic acid groups (broad SMARTS) is 1. The Morgan fingerprint density at radius 2 is 1.71 bits per heavy atom. The van der Waals surface area contributed by atoms with Gasteiger partial charge in [0.05, 0.1) is 6.61 Å². The van der Waals surface area contributed by atoms with Crippen LogP contribution in [0.5, 0.6) is 5.75 Å². The summed E-state index contributed by atoms with van der Waals surface area (Å²) in [5, 5.41) is 18.9. The molecule has 0 unspecified atom stereocenters. The number of ether oxygens (including phenoxy) is 1. The first-order valence-corrected chi connectivity index (χ1v) is 9.85. The lowest BCUT2D eigenvalue weighted by atomic mass is 9.91. The van der Waals surface area contributed by atoms with E-state index in [2.05, 4.69) is 6.92 Å². The molecule has 28 heavy (non-hydrogen) atoms. The van der Waals surface area contributed by atoms with Crippen molar-refractivity contribution < 1.29 is 29.3 Å². The van der Waals surface area contributed by atoms with Crippen LogP contribution in [0.2, 0.25) is 0 Å². The van der Waals surface area contributed by atoms with E-state index in [4.69, 9.17) is 9.84 Å². The summed E-state index contributed by atoms with van der Waals surface area (Å²) in [7, 11) is 0. The van der Waals surface area contributed by atoms with Crippen LogP contribution in [0.15, 0.2) is 24.3 Å². The first-order chi connectivity index (χ1) is 13.4. The van der Waals surface area contributed by atoms with Crippen molar-refractivity contribution in [3.8, 4) is 5.75 Å². The number of hydrogen-bond acceptors (Lipinski definition) is 5. The van der Waals surface area contributed by atoms with E-state index in [1.807, 2.05) is 0 Å². The molecule has 1 aliphatic rings. The van der Waals surface area contributed by atoms with Gasteiger partial charge in [0.25, 0.3) is 0 Å². The summed E-state index contributed by atoms with van der Waals surface area (Å²) < 4.78 is 5.62. The number of nitrogens with zero attached hydrogens (tertiary/aromatic N) is 1. The maximum absolute atomic E-state index is 12.3. The van der Waals surface area contributed by atoms with Crippen LogP contribution in [0.1, 0.15) is 62.2 Å². The molecule has 1 heterocycles. The van der Waals surface area contributed by atoms with Crippen molar-refractivity contribution in [2.24, 2.45) is 0 Å². The highest BCUT2D eigenvalue weighted by atomic mass is 16.5. The normalized spacial score (nSPS) is 15.9. The SMILES string of the molecule is CCCCCOc1ccc(C(=O)CCC(=O)N2CCC(O)(C(=O)O)CC2)cc1. The molecule has 1 aromatic carbocycles. The summed E-state index contributed by atoms with van der Waals surface area (Å²) >= 11 is 0. The molecule has 7 heteroatoms. The average Bonchev–Trinajstić information content (AvgIpc) is 2.70. The van der Waals surface area contributed by atoms with Gasteiger partial charge in [-0.25, -0.2) is 4.79 Å². The van der Waals surface area contributed by atoms with Gasteiger partial charge in [0.1, 0.15) is 5.75 Å². The van der Waals surface area contributed by atoms with Gasteiger partial charge in [-0.15, -0.1) is 0 Å². The molecule has 1 amide bonds. The molecule has 0 saturated carbocycles. The number of carbonyl (C=O) groups excluding carboxylic acids is 2. The second-order valence-corrected chi connectivity index (χ2v) is 7.22. The van der Waals surface area contributed by atoms with Gasteiger partial charge in [-0.3, -0.25) is 9.59 Å². The zero-order valence-corrected chi connectivity index (χ0v) is 16.4. The molecule has 7 nitrogen and oxygen atoms in total. The Kier molecular flexibility index (Phi) is 7.99. The van der Waals surface area contributed by atoms with Crippen molar-refractivity contribution in [1.29, 1.82) is 0 Å². The molecule has 1 aromatic rings. The molecule has 0 radical (unpaired) electrons. The average molecular weight is 391 g/mol. The number of piperidine rings is 1. The van der Waals surface area contributed by atoms with Crippen molar-refractivity contribution in [2.75, 3.05) is 19.7 Å². The van der Waals surface area contributed by atoms with Crippen LogP contribution in [0.25, 0.3) is 0 Å². The lowest BCUT2D eigenvalue weighted by Crippen LogP contribution is -2.50. The minimum absolute atomic E-state index is 0.00172. The van der Waals surface area contributed by atoms with Crippen molar-refractivity contribution in [3.05, 3.63) is 29.8 Å². The number of likely N-dealkylation sites (tertiary alicyclic amines) is 1. The van der Waals surface area contributed by atoms with E-state index in [1.54, 1.807) is 24.3 Å². The standard InChI is InChI=1S/C21H29NO6/c1-2-3-4-15-28-17-7-5-16(6-8-17)18(23)9-10-19(24)22-13-11-21(27,12-14-22)20(25)26/h5-8,27H,2-4,9-15H2,1H3,(H,25,26). The number of aliphatic carboxylic acids is 1. The zero-order valence-electron chi connectivity index (χ0n) is 16.4. The smallest absolute Gasteiger partial charge is 0.335 e. The maximum atomic E-state index is 12.3. The van der Waals surface area contributed by atoms with Gasteiger partial charge in [0.2, 0.25) is 5.91 Å². The summed E-state index contributed by atoms with van der Waals surface area (Å²) in [6.45, 7) is 3.15. The van der Waals surface area contributed by atoms with Gasteiger partial charge in [-0.2, -0.15) is 0 Å². The van der Waals surface area contributed by atoms with E-state index >= 15 is 0 Å². The largest absolute Gasteiger partial charge is 0.494 e. The number of rotatable bonds is 10. The number of hydrogen-bond donors (Lipinski definition) is 2. The summed E-state index contributed by atoms with van der Waals surface area (Å²) in [5.74, 6) is -0.850. The second-order valence-electron chi connectivity index (χ2n) is 7.22. The Balaban J connectivity index is 1.76. The highest BCUT2D eigenvalue weighted by Crippen LogP contribution is 2.23. The molecule has 0 spiro atoms. The molecule has 154 valence electrons. The maximum Gasteiger partial charge on any atom is 0.335 e. The Hall–Kier alpha value is -2.41. The minimum atomic E-state index is -1.76. The fourth-order valence-electron chi connectivity index (χ4n) is 3.14. The van der Waals surface area contributed by atoms with Crippen molar-refractivity contribution in [2.45, 2.75) is 57.5 Å². The lowest BCUT2D eigenvalue weighted by molar-refractivity contribution is -0.165. The van der Waals surface area contributed by atoms with E-state index in [-0.39, 0.29) is 50.5 Å². The molecule has 2 rings (SSSR count). The molecule has 1 aliphatic heterocycles. The van der Waals surface area contributed by atoms with Crippen molar-refractivity contribution >= 4 is 17.7 Å². The quantitative estimate of drug-likeness (QED) is 0.469. The zero-order chi connectivity index (χ0) is 20.6. The summed E-state index contributed by atoms with van der Waals surface area (Å²) in [6, 6.07) is 6.93. The summed E-state index contributed by atoms with van der Waals surface area (Å²) in [4.78, 5) is 37.1. The topological polar surface area (TPSA) is 104 Å². The van der Waals surface area contributed by atoms with E-state index in [0.29, 0.717) is 12.2 Å². The van der Waals surface area contributed by atoms with Crippen LogP contribution < -0.4 is 4.74 Å². The Bertz CT molecular complexity index is 677. The number of unbranched alkanes of at least 4 members (excludes halogenated alkanes) is 2. The minimum Gasteiger partial charge on any atom is -0.494 e. The Morgan fingerprint density at radius 3 is 2.29 bits per heavy atom. The third-order valence-electron chi connectivity index (χ3n) is 5.10. The predicted octanol–water partition coefficient (Wildman–Crippen LogP) is 2.66. The molecule has 1 fully saturated rings. The fourth-order valence-corrected chi connectivity index (χ4v) is 3.14. The van der Waals surface area contributed by atoms with E-state index in [1.165, 1.54) is 4.90 Å². The van der Waals surface area contributed by atoms with Gasteiger partial charge in [-0.05, 0) is 30.7 Å². The highest BCUT2D eigenvalue weighted by Gasteiger charge is 2.40. The number of amides is 1. The highest BCUT2D eigenvalue weighted by molar-refractivity contribution is 5.98. The van der Waals surface area contributed by atoms with Gasteiger partial charge in [-0.1, -0.05) is 19.8 Å². The third kappa shape index (κ3) is 6.05. The summed E-state index contributed by atoms with van der Waals surface area (Å²) in [6.07, 6.45) is 3.42. The molecular weight excluding hydrogens is 362 g/mol. The van der Waals surface area contributed by atoms with Gasteiger partial charge in [0, 0.05) is 44.3 Å². The van der Waals surface area contributed by atoms with Crippen LogP contribution in [-0.4, -0.2) is 58.1 Å². The Labute approximate surface area is 165 Å². The van der Waals surface area contributed by atoms with E-state index in [9.17, 15) is 19.5 Å². The monoisotopic (exact) mass is 391 g/mol. The Morgan fingerprint density at radius 1 is 1.07 bits per heavy atom. The number of benzene rings is 1. The van der Waals surface area contributed by atoms with Gasteiger partial charge in [0.15, 0.2) is 11.4 Å². The van der Waals surface area contributed by atoms with Gasteiger partial charge < -0.3 is 19.8 Å². The molecule has 0 aromatic heterocycles. The fraction of sp³-hybridized carbons (Fsp3) is 0.571. The van der Waals surface area contributed by atoms with E-state index in [0.717, 1.165) is 25.0 Å². The predicted molar refractivity (Wildman–Crippen MR) is 103 cm³/mol. The molecule has 2 N–H and O–H groups in total. The molecular formula is C21H29NO6. The van der Waals surface area contributed by atoms with Crippen LogP contribution in [-0.2, 0) is 9.59 Å². The number of ketones is 1. The second kappa shape index (κ2) is 10.2. The summed E-state index contributed by atoms with van der Waals surface area (Å²) in [5.41, 5.74) is -1.22. The molecule has 0 atom stereocenters. The molecule has 1 saturated heterocycles. The third-order valence-corrected chi connectivity index (χ3v) is 5.10. The number of aliphatic hydroxyl groups is 1. The number of carbonyl (C=O) groups is 3. The first-order valence-electron chi connectivity index (χ1n) is 9.85.